The van der Waals surface area contributed by atoms with Gasteiger partial charge in [-0.3, -0.25) is 14.4 Å². The second-order valence-electron chi connectivity index (χ2n) is 6.99. The van der Waals surface area contributed by atoms with Crippen LogP contribution >= 0.6 is 11.3 Å². The van der Waals surface area contributed by atoms with Gasteiger partial charge in [-0.25, -0.2) is 4.68 Å². The molecule has 0 saturated carbocycles. The number of hydrogen-bond donors (Lipinski definition) is 1. The van der Waals surface area contributed by atoms with Gasteiger partial charge in [0.15, 0.2) is 6.10 Å². The fourth-order valence-corrected chi connectivity index (χ4v) is 3.39. The number of nitrogens with one attached hydrogen (secondary N) is 1. The van der Waals surface area contributed by atoms with Gasteiger partial charge in [0.25, 0.3) is 11.5 Å². The summed E-state index contributed by atoms with van der Waals surface area (Å²) in [5, 5.41) is 7.44. The molecule has 7 nitrogen and oxygen atoms in total. The highest BCUT2D eigenvalue weighted by Crippen LogP contribution is 2.26. The highest BCUT2D eigenvalue weighted by molar-refractivity contribution is 7.19. The standard InChI is InChI=1S/C18H25N3O4S/c1-7-18(5,6)20-16(23)11(3)25-14(22)9-21-17(24)15-10(2)12(4)26-13(15)8-19-21/h8,11H,7,9H2,1-6H3,(H,20,23). The highest BCUT2D eigenvalue weighted by atomic mass is 32.1. The van der Waals surface area contributed by atoms with E-state index in [2.05, 4.69) is 10.4 Å². The minimum atomic E-state index is -0.946. The third-order valence-corrected chi connectivity index (χ3v) is 5.62. The van der Waals surface area contributed by atoms with Crippen LogP contribution in [0.15, 0.2) is 11.0 Å². The summed E-state index contributed by atoms with van der Waals surface area (Å²) < 4.78 is 7.03. The summed E-state index contributed by atoms with van der Waals surface area (Å²) in [4.78, 5) is 37.9. The Balaban J connectivity index is 2.09. The quantitative estimate of drug-likeness (QED) is 0.778. The molecule has 0 aliphatic rings. The molecule has 1 unspecified atom stereocenters. The van der Waals surface area contributed by atoms with Crippen molar-refractivity contribution in [2.75, 3.05) is 0 Å². The van der Waals surface area contributed by atoms with Crippen molar-refractivity contribution in [1.82, 2.24) is 15.1 Å². The molecule has 1 atom stereocenters. The lowest BCUT2D eigenvalue weighted by molar-refractivity contribution is -0.156. The van der Waals surface area contributed by atoms with Crippen LogP contribution in [-0.2, 0) is 20.9 Å². The van der Waals surface area contributed by atoms with E-state index in [0.29, 0.717) is 5.39 Å². The van der Waals surface area contributed by atoms with Gasteiger partial charge >= 0.3 is 5.97 Å². The van der Waals surface area contributed by atoms with Gasteiger partial charge in [-0.2, -0.15) is 5.10 Å². The maximum absolute atomic E-state index is 12.6. The minimum absolute atomic E-state index is 0.328. The predicted molar refractivity (Wildman–Crippen MR) is 101 cm³/mol. The summed E-state index contributed by atoms with van der Waals surface area (Å²) >= 11 is 1.50. The van der Waals surface area contributed by atoms with Crippen LogP contribution in [-0.4, -0.2) is 33.3 Å². The van der Waals surface area contributed by atoms with Gasteiger partial charge in [-0.05, 0) is 46.6 Å². The molecule has 0 aliphatic carbocycles. The Morgan fingerprint density at radius 2 is 2.04 bits per heavy atom. The van der Waals surface area contributed by atoms with Crippen LogP contribution in [0.2, 0.25) is 0 Å². The minimum Gasteiger partial charge on any atom is -0.451 e. The Labute approximate surface area is 156 Å². The molecule has 0 aliphatic heterocycles. The summed E-state index contributed by atoms with van der Waals surface area (Å²) in [7, 11) is 0. The first kappa shape index (κ1) is 20.1. The molecule has 2 aromatic rings. The first-order valence-electron chi connectivity index (χ1n) is 8.53. The lowest BCUT2D eigenvalue weighted by Crippen LogP contribution is -2.48. The Bertz CT molecular complexity index is 898. The molecule has 142 valence electrons. The van der Waals surface area contributed by atoms with Crippen molar-refractivity contribution in [3.05, 3.63) is 27.0 Å². The molecular formula is C18H25N3O4S. The summed E-state index contributed by atoms with van der Waals surface area (Å²) in [6.07, 6.45) is 1.38. The Kier molecular flexibility index (Phi) is 5.85. The summed E-state index contributed by atoms with van der Waals surface area (Å²) in [5.74, 6) is -1.05. The van der Waals surface area contributed by atoms with E-state index >= 15 is 0 Å². The second kappa shape index (κ2) is 7.57. The van der Waals surface area contributed by atoms with Crippen LogP contribution < -0.4 is 10.9 Å². The number of esters is 1. The SMILES string of the molecule is CCC(C)(C)NC(=O)C(C)OC(=O)Cn1ncc2sc(C)c(C)c2c1=O. The molecule has 26 heavy (non-hydrogen) atoms. The lowest BCUT2D eigenvalue weighted by atomic mass is 10.0. The van der Waals surface area contributed by atoms with Crippen molar-refractivity contribution in [2.24, 2.45) is 0 Å². The van der Waals surface area contributed by atoms with Gasteiger partial charge in [-0.1, -0.05) is 6.92 Å². The number of aryl methyl sites for hydroxylation is 2. The number of aromatic nitrogens is 2. The third-order valence-electron chi connectivity index (χ3n) is 4.48. The molecule has 0 fully saturated rings. The number of fused-ring (bicyclic) bond motifs is 1. The molecule has 0 aromatic carbocycles. The Hall–Kier alpha value is -2.22. The molecule has 8 heteroatoms. The highest BCUT2D eigenvalue weighted by Gasteiger charge is 2.24. The lowest BCUT2D eigenvalue weighted by Gasteiger charge is -2.26. The molecule has 1 N–H and O–H groups in total. The van der Waals surface area contributed by atoms with E-state index in [9.17, 15) is 14.4 Å². The zero-order chi connectivity index (χ0) is 19.6. The number of carbonyl (C=O) groups is 2. The Morgan fingerprint density at radius 1 is 1.38 bits per heavy atom. The smallest absolute Gasteiger partial charge is 0.328 e. The van der Waals surface area contributed by atoms with Gasteiger partial charge in [-0.15, -0.1) is 11.3 Å². The summed E-state index contributed by atoms with van der Waals surface area (Å²) in [5.41, 5.74) is 0.190. The average Bonchev–Trinajstić information content (AvgIpc) is 2.85. The number of hydrogen-bond acceptors (Lipinski definition) is 6. The van der Waals surface area contributed by atoms with E-state index in [0.717, 1.165) is 26.2 Å². The monoisotopic (exact) mass is 379 g/mol. The van der Waals surface area contributed by atoms with E-state index in [-0.39, 0.29) is 23.6 Å². The number of thiophene rings is 1. The van der Waals surface area contributed by atoms with Crippen LogP contribution in [0.1, 0.15) is 44.6 Å². The van der Waals surface area contributed by atoms with Crippen molar-refractivity contribution in [3.8, 4) is 0 Å². The molecule has 0 bridgehead atoms. The molecular weight excluding hydrogens is 354 g/mol. The van der Waals surface area contributed by atoms with E-state index in [1.54, 1.807) is 6.20 Å². The van der Waals surface area contributed by atoms with Gasteiger partial charge in [0, 0.05) is 10.4 Å². The molecule has 2 aromatic heterocycles. The van der Waals surface area contributed by atoms with Crippen LogP contribution in [0.25, 0.3) is 10.1 Å². The third kappa shape index (κ3) is 4.30. The maximum atomic E-state index is 12.6. The molecule has 0 radical (unpaired) electrons. The number of ether oxygens (including phenoxy) is 1. The number of amides is 1. The van der Waals surface area contributed by atoms with Crippen molar-refractivity contribution in [3.63, 3.8) is 0 Å². The number of nitrogens with zero attached hydrogens (tertiary/aromatic N) is 2. The first-order chi connectivity index (χ1) is 12.1. The maximum Gasteiger partial charge on any atom is 0.328 e. The fourth-order valence-electron chi connectivity index (χ4n) is 2.36. The van der Waals surface area contributed by atoms with Gasteiger partial charge < -0.3 is 10.1 Å². The second-order valence-corrected chi connectivity index (χ2v) is 8.24. The van der Waals surface area contributed by atoms with E-state index in [4.69, 9.17) is 4.74 Å². The number of rotatable bonds is 6. The average molecular weight is 379 g/mol. The zero-order valence-corrected chi connectivity index (χ0v) is 16.8. The zero-order valence-electron chi connectivity index (χ0n) is 16.0. The topological polar surface area (TPSA) is 90.3 Å². The van der Waals surface area contributed by atoms with Crippen LogP contribution in [0.4, 0.5) is 0 Å². The van der Waals surface area contributed by atoms with Crippen molar-refractivity contribution < 1.29 is 14.3 Å². The van der Waals surface area contributed by atoms with E-state index in [1.165, 1.54) is 18.3 Å². The Morgan fingerprint density at radius 3 is 2.65 bits per heavy atom. The normalized spacial score (nSPS) is 12.8. The van der Waals surface area contributed by atoms with Crippen molar-refractivity contribution in [1.29, 1.82) is 0 Å². The van der Waals surface area contributed by atoms with Crippen LogP contribution in [0, 0.1) is 13.8 Å². The molecule has 2 rings (SSSR count). The van der Waals surface area contributed by atoms with Crippen LogP contribution in [0.3, 0.4) is 0 Å². The molecule has 2 heterocycles. The summed E-state index contributed by atoms with van der Waals surface area (Å²) in [6, 6.07) is 0. The molecule has 0 spiro atoms. The predicted octanol–water partition coefficient (Wildman–Crippen LogP) is 2.31. The number of carbonyl (C=O) groups excluding carboxylic acids is 2. The van der Waals surface area contributed by atoms with Crippen molar-refractivity contribution >= 4 is 33.3 Å². The van der Waals surface area contributed by atoms with Crippen LogP contribution in [0.5, 0.6) is 0 Å². The van der Waals surface area contributed by atoms with Crippen molar-refractivity contribution in [2.45, 2.75) is 66.2 Å². The first-order valence-corrected chi connectivity index (χ1v) is 9.34. The van der Waals surface area contributed by atoms with E-state index < -0.39 is 12.1 Å². The fraction of sp³-hybridized carbons (Fsp3) is 0.556. The van der Waals surface area contributed by atoms with E-state index in [1.807, 2.05) is 34.6 Å². The summed E-state index contributed by atoms with van der Waals surface area (Å²) in [6.45, 7) is 10.7. The van der Waals surface area contributed by atoms with Gasteiger partial charge in [0.05, 0.1) is 16.3 Å². The largest absolute Gasteiger partial charge is 0.451 e. The van der Waals surface area contributed by atoms with Gasteiger partial charge in [0.1, 0.15) is 6.54 Å². The molecule has 1 amide bonds. The molecule has 0 saturated heterocycles. The van der Waals surface area contributed by atoms with Gasteiger partial charge in [0.2, 0.25) is 0 Å².